The van der Waals surface area contributed by atoms with E-state index in [4.69, 9.17) is 16.7 Å². The van der Waals surface area contributed by atoms with Gasteiger partial charge in [0.05, 0.1) is 11.2 Å². The Kier molecular flexibility index (Phi) is 3.76. The summed E-state index contributed by atoms with van der Waals surface area (Å²) in [6.07, 6.45) is 3.34. The van der Waals surface area contributed by atoms with Gasteiger partial charge >= 0.3 is 6.09 Å². The fourth-order valence-corrected chi connectivity index (χ4v) is 2.99. The second-order valence-electron chi connectivity index (χ2n) is 4.76. The van der Waals surface area contributed by atoms with Gasteiger partial charge in [-0.05, 0) is 37.3 Å². The average molecular weight is 269 g/mol. The molecule has 0 bridgehead atoms. The summed E-state index contributed by atoms with van der Waals surface area (Å²) < 4.78 is 0. The number of halogens is 1. The van der Waals surface area contributed by atoms with Gasteiger partial charge in [0, 0.05) is 0 Å². The molecule has 4 nitrogen and oxygen atoms in total. The Morgan fingerprint density at radius 2 is 2.39 bits per heavy atom. The number of hydrogen-bond acceptors (Lipinski definition) is 2. The van der Waals surface area contributed by atoms with Gasteiger partial charge < -0.3 is 10.4 Å². The van der Waals surface area contributed by atoms with Crippen molar-refractivity contribution in [2.45, 2.75) is 44.6 Å². The van der Waals surface area contributed by atoms with E-state index in [1.54, 1.807) is 6.07 Å². The summed E-state index contributed by atoms with van der Waals surface area (Å²) in [4.78, 5) is 15.4. The van der Waals surface area contributed by atoms with E-state index < -0.39 is 11.6 Å². The topological polar surface area (TPSA) is 62.2 Å². The number of carbonyl (C=O) groups is 1. The Bertz CT molecular complexity index is 464. The second-order valence-corrected chi connectivity index (χ2v) is 5.14. The van der Waals surface area contributed by atoms with Crippen molar-refractivity contribution < 1.29 is 9.90 Å². The highest BCUT2D eigenvalue weighted by atomic mass is 35.5. The fraction of sp³-hybridized carbons (Fsp3) is 0.538. The lowest BCUT2D eigenvalue weighted by Crippen LogP contribution is -2.48. The van der Waals surface area contributed by atoms with E-state index >= 15 is 0 Å². The van der Waals surface area contributed by atoms with E-state index in [1.807, 2.05) is 13.0 Å². The maximum atomic E-state index is 11.1. The zero-order valence-electron chi connectivity index (χ0n) is 10.4. The normalized spacial score (nSPS) is 22.3. The SMILES string of the molecule is CCCC1(NC(=O)O)CCCc2ccc(Cl)nc21. The monoisotopic (exact) mass is 268 g/mol. The number of aryl methyl sites for hydroxylation is 1. The van der Waals surface area contributed by atoms with Crippen LogP contribution in [0.3, 0.4) is 0 Å². The molecule has 1 aromatic rings. The summed E-state index contributed by atoms with van der Waals surface area (Å²) in [5.74, 6) is 0. The number of nitrogens with one attached hydrogen (secondary N) is 1. The number of rotatable bonds is 3. The van der Waals surface area contributed by atoms with E-state index in [0.29, 0.717) is 5.15 Å². The van der Waals surface area contributed by atoms with Crippen LogP contribution in [0.25, 0.3) is 0 Å². The Morgan fingerprint density at radius 3 is 3.06 bits per heavy atom. The molecule has 1 heterocycles. The number of nitrogens with zero attached hydrogens (tertiary/aromatic N) is 1. The minimum Gasteiger partial charge on any atom is -0.465 e. The molecular weight excluding hydrogens is 252 g/mol. The standard InChI is InChI=1S/C13H17ClN2O2/c1-2-7-13(16-12(17)18)8-3-4-9-5-6-10(14)15-11(9)13/h5-6,16H,2-4,7-8H2,1H3,(H,17,18). The number of aromatic nitrogens is 1. The van der Waals surface area contributed by atoms with Crippen molar-refractivity contribution in [1.82, 2.24) is 10.3 Å². The molecule has 0 aromatic carbocycles. The first kappa shape index (κ1) is 13.1. The van der Waals surface area contributed by atoms with Crippen molar-refractivity contribution in [1.29, 1.82) is 0 Å². The van der Waals surface area contributed by atoms with Gasteiger partial charge in [0.1, 0.15) is 5.15 Å². The van der Waals surface area contributed by atoms with Crippen LogP contribution in [-0.4, -0.2) is 16.2 Å². The highest BCUT2D eigenvalue weighted by molar-refractivity contribution is 6.29. The first-order valence-corrected chi connectivity index (χ1v) is 6.62. The predicted octanol–water partition coefficient (Wildman–Crippen LogP) is 3.33. The van der Waals surface area contributed by atoms with Crippen LogP contribution in [0.5, 0.6) is 0 Å². The van der Waals surface area contributed by atoms with Crippen LogP contribution < -0.4 is 5.32 Å². The molecule has 0 saturated heterocycles. The number of pyridine rings is 1. The van der Waals surface area contributed by atoms with Crippen LogP contribution in [-0.2, 0) is 12.0 Å². The molecule has 98 valence electrons. The van der Waals surface area contributed by atoms with Crippen molar-refractivity contribution in [3.63, 3.8) is 0 Å². The third-order valence-electron chi connectivity index (χ3n) is 3.47. The lowest BCUT2D eigenvalue weighted by molar-refractivity contribution is 0.165. The summed E-state index contributed by atoms with van der Waals surface area (Å²) in [5.41, 5.74) is 1.34. The van der Waals surface area contributed by atoms with Gasteiger partial charge in [-0.15, -0.1) is 0 Å². The summed E-state index contributed by atoms with van der Waals surface area (Å²) in [6, 6.07) is 3.72. The molecule has 1 amide bonds. The van der Waals surface area contributed by atoms with Gasteiger partial charge in [-0.25, -0.2) is 9.78 Å². The van der Waals surface area contributed by atoms with E-state index in [-0.39, 0.29) is 0 Å². The van der Waals surface area contributed by atoms with Crippen LogP contribution in [0, 0.1) is 0 Å². The largest absolute Gasteiger partial charge is 0.465 e. The maximum Gasteiger partial charge on any atom is 0.405 e. The van der Waals surface area contributed by atoms with Crippen LogP contribution in [0.2, 0.25) is 5.15 Å². The van der Waals surface area contributed by atoms with Gasteiger partial charge in [-0.3, -0.25) is 0 Å². The first-order valence-electron chi connectivity index (χ1n) is 6.24. The highest BCUT2D eigenvalue weighted by Gasteiger charge is 2.38. The molecule has 0 radical (unpaired) electrons. The van der Waals surface area contributed by atoms with Gasteiger partial charge in [-0.2, -0.15) is 0 Å². The van der Waals surface area contributed by atoms with Gasteiger partial charge in [0.2, 0.25) is 0 Å². The van der Waals surface area contributed by atoms with Crippen LogP contribution in [0.15, 0.2) is 12.1 Å². The molecule has 1 aliphatic rings. The predicted molar refractivity (Wildman–Crippen MR) is 69.9 cm³/mol. The van der Waals surface area contributed by atoms with E-state index in [9.17, 15) is 4.79 Å². The van der Waals surface area contributed by atoms with Crippen LogP contribution in [0.1, 0.15) is 43.9 Å². The maximum absolute atomic E-state index is 11.1. The summed E-state index contributed by atoms with van der Waals surface area (Å²) in [7, 11) is 0. The average Bonchev–Trinajstić information content (AvgIpc) is 2.30. The summed E-state index contributed by atoms with van der Waals surface area (Å²) in [5, 5.41) is 12.2. The Hall–Kier alpha value is -1.29. The molecule has 1 aromatic heterocycles. The lowest BCUT2D eigenvalue weighted by atomic mass is 9.77. The third-order valence-corrected chi connectivity index (χ3v) is 3.68. The molecular formula is C13H17ClN2O2. The number of hydrogen-bond donors (Lipinski definition) is 2. The molecule has 2 rings (SSSR count). The Morgan fingerprint density at radius 1 is 1.61 bits per heavy atom. The molecule has 5 heteroatoms. The highest BCUT2D eigenvalue weighted by Crippen LogP contribution is 2.38. The molecule has 2 N–H and O–H groups in total. The Balaban J connectivity index is 2.48. The minimum atomic E-state index is -1.00. The summed E-state index contributed by atoms with van der Waals surface area (Å²) >= 11 is 5.95. The van der Waals surface area contributed by atoms with Crippen molar-refractivity contribution >= 4 is 17.7 Å². The smallest absolute Gasteiger partial charge is 0.405 e. The number of amides is 1. The number of fused-ring (bicyclic) bond motifs is 1. The molecule has 0 fully saturated rings. The third kappa shape index (κ3) is 2.43. The first-order chi connectivity index (χ1) is 8.57. The van der Waals surface area contributed by atoms with Crippen LogP contribution in [0.4, 0.5) is 4.79 Å². The lowest BCUT2D eigenvalue weighted by Gasteiger charge is -2.38. The molecule has 0 spiro atoms. The van der Waals surface area contributed by atoms with E-state index in [2.05, 4.69) is 10.3 Å². The quantitative estimate of drug-likeness (QED) is 0.827. The van der Waals surface area contributed by atoms with E-state index in [1.165, 1.54) is 0 Å². The minimum absolute atomic E-state index is 0.420. The molecule has 0 saturated carbocycles. The van der Waals surface area contributed by atoms with Crippen molar-refractivity contribution in [3.8, 4) is 0 Å². The van der Waals surface area contributed by atoms with Gasteiger partial charge in [0.25, 0.3) is 0 Å². The Labute approximate surface area is 111 Å². The van der Waals surface area contributed by atoms with E-state index in [0.717, 1.165) is 43.4 Å². The zero-order valence-corrected chi connectivity index (χ0v) is 11.1. The second kappa shape index (κ2) is 5.14. The zero-order chi connectivity index (χ0) is 13.2. The van der Waals surface area contributed by atoms with Crippen molar-refractivity contribution in [2.75, 3.05) is 0 Å². The van der Waals surface area contributed by atoms with Gasteiger partial charge in [0.15, 0.2) is 0 Å². The number of carboxylic acid groups (broad SMARTS) is 1. The van der Waals surface area contributed by atoms with Crippen molar-refractivity contribution in [3.05, 3.63) is 28.5 Å². The molecule has 1 atom stereocenters. The molecule has 18 heavy (non-hydrogen) atoms. The van der Waals surface area contributed by atoms with Crippen molar-refractivity contribution in [2.24, 2.45) is 0 Å². The molecule has 1 unspecified atom stereocenters. The fourth-order valence-electron chi connectivity index (χ4n) is 2.84. The van der Waals surface area contributed by atoms with Crippen LogP contribution >= 0.6 is 11.6 Å². The van der Waals surface area contributed by atoms with Gasteiger partial charge in [-0.1, -0.05) is 31.0 Å². The summed E-state index contributed by atoms with van der Waals surface area (Å²) in [6.45, 7) is 2.05. The molecule has 0 aliphatic heterocycles. The molecule has 1 aliphatic carbocycles.